The van der Waals surface area contributed by atoms with Crippen LogP contribution in [0.15, 0.2) is 120 Å². The van der Waals surface area contributed by atoms with Gasteiger partial charge in [-0.25, -0.2) is 0 Å². The maximum atomic E-state index is 4.79. The Morgan fingerprint density at radius 2 is 1.47 bits per heavy atom. The van der Waals surface area contributed by atoms with E-state index in [4.69, 9.17) is 4.98 Å². The number of dihydropyridines is 1. The Hall–Kier alpha value is -5.08. The number of hydrogen-bond donors (Lipinski definition) is 0. The molecule has 0 atom stereocenters. The number of allylic oxidation sites excluding steroid dienone is 5. The summed E-state index contributed by atoms with van der Waals surface area (Å²) in [5.74, 6) is 0. The summed E-state index contributed by atoms with van der Waals surface area (Å²) in [4.78, 5) is 9.13. The highest BCUT2D eigenvalue weighted by Gasteiger charge is 2.46. The molecule has 0 amide bonds. The van der Waals surface area contributed by atoms with Gasteiger partial charge in [0, 0.05) is 34.2 Å². The molecule has 0 saturated carbocycles. The summed E-state index contributed by atoms with van der Waals surface area (Å²) in [6.07, 6.45) is 14.2. The van der Waals surface area contributed by atoms with E-state index in [1.807, 2.05) is 24.6 Å². The maximum absolute atomic E-state index is 4.79. The zero-order valence-electron chi connectivity index (χ0n) is 28.2. The van der Waals surface area contributed by atoms with Gasteiger partial charge in [-0.3, -0.25) is 9.98 Å². The Morgan fingerprint density at radius 3 is 2.17 bits per heavy atom. The van der Waals surface area contributed by atoms with Gasteiger partial charge < -0.3 is 0 Å². The minimum absolute atomic E-state index is 0.163. The molecule has 0 fully saturated rings. The third kappa shape index (κ3) is 4.38. The summed E-state index contributed by atoms with van der Waals surface area (Å²) in [6.45, 7) is 19.4. The van der Waals surface area contributed by atoms with Gasteiger partial charge in [0.2, 0.25) is 0 Å². The van der Waals surface area contributed by atoms with E-state index < -0.39 is 0 Å². The second-order valence-electron chi connectivity index (χ2n) is 14.4. The molecule has 2 aliphatic carbocycles. The molecule has 1 aliphatic heterocycles. The van der Waals surface area contributed by atoms with Gasteiger partial charge in [0.25, 0.3) is 0 Å². The summed E-state index contributed by atoms with van der Waals surface area (Å²) >= 11 is 0. The SMILES string of the molecule is C=C(/C=C\C=C1\C=CC=NC1)c1cc(C)c2c(c1)C(C)(C)c1c-2ccc2c1C(C)(C)c1cc(-c3cccc4cccnc34)cc(C)c1-2. The zero-order valence-corrected chi connectivity index (χ0v) is 28.2. The molecule has 3 aliphatic rings. The first-order valence-corrected chi connectivity index (χ1v) is 16.6. The first kappa shape index (κ1) is 29.3. The van der Waals surface area contributed by atoms with Gasteiger partial charge in [-0.1, -0.05) is 107 Å². The molecule has 2 heteroatoms. The van der Waals surface area contributed by atoms with E-state index in [0.717, 1.165) is 17.6 Å². The highest BCUT2D eigenvalue weighted by Crippen LogP contribution is 2.60. The number of para-hydroxylation sites is 1. The van der Waals surface area contributed by atoms with Crippen LogP contribution in [0.25, 0.3) is 49.9 Å². The van der Waals surface area contributed by atoms with Gasteiger partial charge in [0.1, 0.15) is 0 Å². The van der Waals surface area contributed by atoms with Gasteiger partial charge in [0.05, 0.1) is 12.1 Å². The summed E-state index contributed by atoms with van der Waals surface area (Å²) in [5, 5.41) is 1.17. The van der Waals surface area contributed by atoms with Crippen LogP contribution >= 0.6 is 0 Å². The van der Waals surface area contributed by atoms with Crippen LogP contribution in [0, 0.1) is 13.8 Å². The van der Waals surface area contributed by atoms with E-state index in [9.17, 15) is 0 Å². The van der Waals surface area contributed by atoms with Crippen LogP contribution in [0.2, 0.25) is 0 Å². The highest BCUT2D eigenvalue weighted by molar-refractivity contribution is 5.97. The minimum atomic E-state index is -0.164. The van der Waals surface area contributed by atoms with E-state index in [2.05, 4.69) is 138 Å². The molecule has 0 radical (unpaired) electrons. The topological polar surface area (TPSA) is 25.2 Å². The quantitative estimate of drug-likeness (QED) is 0.186. The lowest BCUT2D eigenvalue weighted by Gasteiger charge is -2.31. The minimum Gasteiger partial charge on any atom is -0.288 e. The van der Waals surface area contributed by atoms with Crippen LogP contribution < -0.4 is 0 Å². The standard InChI is InChI=1S/C45H40N2/c1-27(12-8-13-30-14-10-20-46-26-30)32-22-28(2)39-35-18-19-36-40-29(3)23-33(34-17-9-15-31-16-11-21-47-43(31)34)25-38(40)45(6,7)42(36)41(35)44(4,5)37(39)24-32/h8-25H,1,26H2,2-7H3/b12-8-,30-13-. The van der Waals surface area contributed by atoms with E-state index in [0.29, 0.717) is 0 Å². The predicted molar refractivity (Wildman–Crippen MR) is 201 cm³/mol. The summed E-state index contributed by atoms with van der Waals surface area (Å²) < 4.78 is 0. The first-order valence-electron chi connectivity index (χ1n) is 16.6. The van der Waals surface area contributed by atoms with Crippen molar-refractivity contribution in [2.75, 3.05) is 6.54 Å². The molecule has 8 rings (SSSR count). The molecular weight excluding hydrogens is 569 g/mol. The molecular formula is C45H40N2. The molecule has 0 bridgehead atoms. The molecule has 5 aromatic rings. The van der Waals surface area contributed by atoms with Gasteiger partial charge in [-0.15, -0.1) is 0 Å². The predicted octanol–water partition coefficient (Wildman–Crippen LogP) is 11.3. The second kappa shape index (κ2) is 10.5. The molecule has 230 valence electrons. The number of rotatable bonds is 4. The van der Waals surface area contributed by atoms with E-state index >= 15 is 0 Å². The monoisotopic (exact) mass is 608 g/mol. The van der Waals surface area contributed by atoms with Crippen LogP contribution in [0.5, 0.6) is 0 Å². The third-order valence-electron chi connectivity index (χ3n) is 10.7. The average Bonchev–Trinajstić information content (AvgIpc) is 3.44. The molecule has 1 aromatic heterocycles. The fourth-order valence-electron chi connectivity index (χ4n) is 8.47. The second-order valence-corrected chi connectivity index (χ2v) is 14.4. The smallest absolute Gasteiger partial charge is 0.0780 e. The average molecular weight is 609 g/mol. The van der Waals surface area contributed by atoms with Crippen molar-refractivity contribution in [1.29, 1.82) is 0 Å². The lowest BCUT2D eigenvalue weighted by atomic mass is 9.72. The number of nitrogens with zero attached hydrogens (tertiary/aromatic N) is 2. The van der Waals surface area contributed by atoms with Crippen LogP contribution in [0.4, 0.5) is 0 Å². The van der Waals surface area contributed by atoms with Crippen molar-refractivity contribution in [3.8, 4) is 33.4 Å². The van der Waals surface area contributed by atoms with Crippen molar-refractivity contribution in [1.82, 2.24) is 4.98 Å². The Balaban J connectivity index is 1.23. The number of aliphatic imine (C=N–C) groups is 1. The fourth-order valence-corrected chi connectivity index (χ4v) is 8.47. The number of hydrogen-bond acceptors (Lipinski definition) is 2. The highest BCUT2D eigenvalue weighted by atomic mass is 14.7. The number of pyridine rings is 1. The van der Waals surface area contributed by atoms with E-state index in [-0.39, 0.29) is 10.8 Å². The Labute approximate surface area is 278 Å². The number of fused-ring (bicyclic) bond motifs is 8. The lowest BCUT2D eigenvalue weighted by molar-refractivity contribution is 0.601. The van der Waals surface area contributed by atoms with Crippen molar-refractivity contribution in [3.05, 3.63) is 154 Å². The van der Waals surface area contributed by atoms with Crippen molar-refractivity contribution < 1.29 is 0 Å². The van der Waals surface area contributed by atoms with Gasteiger partial charge >= 0.3 is 0 Å². The molecule has 2 heterocycles. The molecule has 0 N–H and O–H groups in total. The molecule has 47 heavy (non-hydrogen) atoms. The normalized spacial score (nSPS) is 17.3. The van der Waals surface area contributed by atoms with Crippen molar-refractivity contribution in [2.45, 2.75) is 52.4 Å². The number of aryl methyl sites for hydroxylation is 2. The van der Waals surface area contributed by atoms with Crippen molar-refractivity contribution >= 4 is 22.7 Å². The third-order valence-corrected chi connectivity index (χ3v) is 10.7. The molecule has 4 aromatic carbocycles. The van der Waals surface area contributed by atoms with Crippen LogP contribution in [0.1, 0.15) is 66.6 Å². The zero-order chi connectivity index (χ0) is 32.7. The van der Waals surface area contributed by atoms with Crippen LogP contribution in [0.3, 0.4) is 0 Å². The van der Waals surface area contributed by atoms with Crippen molar-refractivity contribution in [3.63, 3.8) is 0 Å². The summed E-state index contributed by atoms with van der Waals surface area (Å²) in [5.41, 5.74) is 20.4. The van der Waals surface area contributed by atoms with Gasteiger partial charge in [-0.2, -0.15) is 0 Å². The van der Waals surface area contributed by atoms with Gasteiger partial charge in [0.15, 0.2) is 0 Å². The Bertz CT molecular complexity index is 2300. The number of benzene rings is 4. The number of aromatic nitrogens is 1. The lowest BCUT2D eigenvalue weighted by Crippen LogP contribution is -2.24. The fraction of sp³-hybridized carbons (Fsp3) is 0.200. The Kier molecular flexibility index (Phi) is 6.53. The van der Waals surface area contributed by atoms with E-state index in [1.54, 1.807) is 0 Å². The van der Waals surface area contributed by atoms with E-state index in [1.165, 1.54) is 83.3 Å². The van der Waals surface area contributed by atoms with Crippen LogP contribution in [-0.2, 0) is 10.8 Å². The van der Waals surface area contributed by atoms with Gasteiger partial charge in [-0.05, 0) is 116 Å². The van der Waals surface area contributed by atoms with Crippen LogP contribution in [-0.4, -0.2) is 17.7 Å². The first-order chi connectivity index (χ1) is 22.6. The molecule has 2 nitrogen and oxygen atoms in total. The summed E-state index contributed by atoms with van der Waals surface area (Å²) in [6, 6.07) is 25.0. The maximum Gasteiger partial charge on any atom is 0.0780 e. The molecule has 0 saturated heterocycles. The van der Waals surface area contributed by atoms with Crippen molar-refractivity contribution in [2.24, 2.45) is 4.99 Å². The molecule has 0 spiro atoms. The largest absolute Gasteiger partial charge is 0.288 e. The molecule has 0 unspecified atom stereocenters. The Morgan fingerprint density at radius 1 is 0.787 bits per heavy atom. The summed E-state index contributed by atoms with van der Waals surface area (Å²) in [7, 11) is 0.